The average Bonchev–Trinajstić information content (AvgIpc) is 3.29. The molecule has 1 aromatic heterocycles. The van der Waals surface area contributed by atoms with Crippen molar-refractivity contribution >= 4 is 24.5 Å². The van der Waals surface area contributed by atoms with Crippen LogP contribution in [0.4, 0.5) is 0 Å². The number of methoxy groups -OCH3 is 5. The first kappa shape index (κ1) is 26.9. The van der Waals surface area contributed by atoms with Crippen molar-refractivity contribution in [2.24, 2.45) is 0 Å². The van der Waals surface area contributed by atoms with Gasteiger partial charge in [-0.25, -0.2) is 4.57 Å². The largest absolute Gasteiger partial charge is 0.524 e. The van der Waals surface area contributed by atoms with Gasteiger partial charge in [-0.1, -0.05) is 0 Å². The Balaban J connectivity index is 1.97. The first-order chi connectivity index (χ1) is 18.1. The highest BCUT2D eigenvalue weighted by atomic mass is 31.2. The Kier molecular flexibility index (Phi) is 7.54. The number of ether oxygens (including phenoxy) is 5. The molecule has 12 heteroatoms. The van der Waals surface area contributed by atoms with Gasteiger partial charge < -0.3 is 33.2 Å². The molecule has 0 amide bonds. The molecule has 0 saturated carbocycles. The van der Waals surface area contributed by atoms with Crippen LogP contribution < -0.4 is 28.2 Å². The van der Waals surface area contributed by atoms with Crippen molar-refractivity contribution in [3.63, 3.8) is 0 Å². The van der Waals surface area contributed by atoms with Gasteiger partial charge >= 0.3 is 7.82 Å². The predicted molar refractivity (Wildman–Crippen MR) is 139 cm³/mol. The summed E-state index contributed by atoms with van der Waals surface area (Å²) >= 11 is 0. The third kappa shape index (κ3) is 5.12. The number of hydrogen-bond acceptors (Lipinski definition) is 8. The van der Waals surface area contributed by atoms with Crippen LogP contribution >= 0.6 is 7.82 Å². The van der Waals surface area contributed by atoms with Crippen molar-refractivity contribution in [3.8, 4) is 45.8 Å². The number of H-pyrrole nitrogens is 1. The van der Waals surface area contributed by atoms with Crippen LogP contribution in [-0.4, -0.2) is 56.1 Å². The first-order valence-electron chi connectivity index (χ1n) is 11.1. The minimum atomic E-state index is -4.90. The molecule has 0 radical (unpaired) electrons. The monoisotopic (exact) mass is 543 g/mol. The standard InChI is InChI=1S/C26H26NO10P/c1-32-16-7-8-17-18(13-16)27-24(14-6-9-19(33-2)20(10-14)37-38(29,30)31)23(17)25(28)15-11-21(34-3)26(36-5)22(12-15)35-4/h6-13,27H,1-5H3,(H2,29,30,31). The molecule has 0 spiro atoms. The van der Waals surface area contributed by atoms with Gasteiger partial charge in [0.1, 0.15) is 5.75 Å². The summed E-state index contributed by atoms with van der Waals surface area (Å²) in [6, 6.07) is 12.8. The molecule has 3 aromatic carbocycles. The Bertz CT molecular complexity index is 1530. The van der Waals surface area contributed by atoms with Crippen LogP contribution in [0.1, 0.15) is 15.9 Å². The normalized spacial score (nSPS) is 11.2. The molecular formula is C26H26NO10P. The Labute approximate surface area is 218 Å². The van der Waals surface area contributed by atoms with E-state index in [0.29, 0.717) is 50.7 Å². The van der Waals surface area contributed by atoms with Crippen molar-refractivity contribution < 1.29 is 47.4 Å². The minimum absolute atomic E-state index is 0.104. The van der Waals surface area contributed by atoms with E-state index in [9.17, 15) is 19.1 Å². The lowest BCUT2D eigenvalue weighted by molar-refractivity contribution is 0.104. The van der Waals surface area contributed by atoms with Gasteiger partial charge in [-0.3, -0.25) is 14.6 Å². The number of rotatable bonds is 10. The second kappa shape index (κ2) is 10.7. The molecule has 0 saturated heterocycles. The zero-order valence-electron chi connectivity index (χ0n) is 21.2. The summed E-state index contributed by atoms with van der Waals surface area (Å²) in [5.41, 5.74) is 1.95. The van der Waals surface area contributed by atoms with E-state index < -0.39 is 7.82 Å². The summed E-state index contributed by atoms with van der Waals surface area (Å²) < 4.78 is 43.2. The van der Waals surface area contributed by atoms with E-state index in [0.717, 1.165) is 0 Å². The summed E-state index contributed by atoms with van der Waals surface area (Å²) in [5, 5.41) is 0.591. The van der Waals surface area contributed by atoms with Crippen LogP contribution in [0.2, 0.25) is 0 Å². The van der Waals surface area contributed by atoms with Crippen molar-refractivity contribution in [3.05, 3.63) is 59.7 Å². The topological polar surface area (TPSA) is 146 Å². The number of nitrogens with one attached hydrogen (secondary N) is 1. The van der Waals surface area contributed by atoms with Crippen LogP contribution in [0.3, 0.4) is 0 Å². The third-order valence-electron chi connectivity index (χ3n) is 5.83. The van der Waals surface area contributed by atoms with Crippen LogP contribution in [0.15, 0.2) is 48.5 Å². The van der Waals surface area contributed by atoms with E-state index in [1.165, 1.54) is 47.7 Å². The van der Waals surface area contributed by atoms with E-state index in [2.05, 4.69) is 4.98 Å². The summed E-state index contributed by atoms with van der Waals surface area (Å²) in [6.07, 6.45) is 0. The van der Waals surface area contributed by atoms with Gasteiger partial charge in [0.2, 0.25) is 5.75 Å². The first-order valence-corrected chi connectivity index (χ1v) is 12.6. The van der Waals surface area contributed by atoms with Crippen molar-refractivity contribution in [1.82, 2.24) is 4.98 Å². The molecule has 4 aromatic rings. The molecule has 11 nitrogen and oxygen atoms in total. The fourth-order valence-corrected chi connectivity index (χ4v) is 4.54. The lowest BCUT2D eigenvalue weighted by Gasteiger charge is -2.15. The molecule has 0 unspecified atom stereocenters. The number of aromatic amines is 1. The Hall–Kier alpha value is -4.18. The number of fused-ring (bicyclic) bond motifs is 1. The van der Waals surface area contributed by atoms with E-state index in [1.54, 1.807) is 36.4 Å². The number of carbonyl (C=O) groups excluding carboxylic acids is 1. The number of phosphoric acid groups is 1. The van der Waals surface area contributed by atoms with Gasteiger partial charge in [0.25, 0.3) is 0 Å². The maximum Gasteiger partial charge on any atom is 0.524 e. The highest BCUT2D eigenvalue weighted by Gasteiger charge is 2.26. The molecule has 0 bridgehead atoms. The van der Waals surface area contributed by atoms with E-state index >= 15 is 0 Å². The maximum absolute atomic E-state index is 14.1. The average molecular weight is 543 g/mol. The number of aromatic nitrogens is 1. The molecule has 0 aliphatic heterocycles. The van der Waals surface area contributed by atoms with Gasteiger partial charge in [-0.2, -0.15) is 0 Å². The molecule has 0 aliphatic rings. The molecule has 4 rings (SSSR count). The molecule has 0 fully saturated rings. The molecule has 0 atom stereocenters. The summed E-state index contributed by atoms with van der Waals surface area (Å²) in [5.74, 6) is 1.05. The number of phosphoric ester groups is 1. The van der Waals surface area contributed by atoms with Gasteiger partial charge in [0.15, 0.2) is 28.8 Å². The second-order valence-electron chi connectivity index (χ2n) is 7.98. The van der Waals surface area contributed by atoms with Crippen LogP contribution in [-0.2, 0) is 4.57 Å². The van der Waals surface area contributed by atoms with Crippen LogP contribution in [0.25, 0.3) is 22.2 Å². The van der Waals surface area contributed by atoms with Crippen LogP contribution in [0, 0.1) is 0 Å². The lowest BCUT2D eigenvalue weighted by atomic mass is 9.96. The number of benzene rings is 3. The molecular weight excluding hydrogens is 517 g/mol. The summed E-state index contributed by atoms with van der Waals surface area (Å²) in [6.45, 7) is 0. The minimum Gasteiger partial charge on any atom is -0.497 e. The maximum atomic E-state index is 14.1. The van der Waals surface area contributed by atoms with Crippen molar-refractivity contribution in [2.75, 3.05) is 35.5 Å². The quantitative estimate of drug-likeness (QED) is 0.192. The highest BCUT2D eigenvalue weighted by Crippen LogP contribution is 2.45. The molecule has 1 heterocycles. The fraction of sp³-hybridized carbons (Fsp3) is 0.192. The van der Waals surface area contributed by atoms with Gasteiger partial charge in [0, 0.05) is 22.6 Å². The number of hydrogen-bond donors (Lipinski definition) is 3. The SMILES string of the molecule is COc1ccc2c(C(=O)c3cc(OC)c(OC)c(OC)c3)c(-c3ccc(OC)c(OP(=O)(O)O)c3)[nH]c2c1. The molecule has 3 N–H and O–H groups in total. The Morgan fingerprint density at radius 2 is 1.42 bits per heavy atom. The Morgan fingerprint density at radius 1 is 0.763 bits per heavy atom. The van der Waals surface area contributed by atoms with Gasteiger partial charge in [-0.15, -0.1) is 0 Å². The Morgan fingerprint density at radius 3 is 1.97 bits per heavy atom. The second-order valence-corrected chi connectivity index (χ2v) is 9.14. The molecule has 0 aliphatic carbocycles. The van der Waals surface area contributed by atoms with E-state index in [4.69, 9.17) is 28.2 Å². The zero-order valence-corrected chi connectivity index (χ0v) is 22.1. The van der Waals surface area contributed by atoms with E-state index in [-0.39, 0.29) is 22.8 Å². The molecule has 38 heavy (non-hydrogen) atoms. The van der Waals surface area contributed by atoms with Gasteiger partial charge in [0.05, 0.1) is 52.3 Å². The third-order valence-corrected chi connectivity index (χ3v) is 6.26. The van der Waals surface area contributed by atoms with Crippen LogP contribution in [0.5, 0.6) is 34.5 Å². The lowest BCUT2D eigenvalue weighted by Crippen LogP contribution is -2.05. The fourth-order valence-electron chi connectivity index (χ4n) is 4.14. The van der Waals surface area contributed by atoms with Gasteiger partial charge in [-0.05, 0) is 42.5 Å². The van der Waals surface area contributed by atoms with Crippen molar-refractivity contribution in [1.29, 1.82) is 0 Å². The van der Waals surface area contributed by atoms with E-state index in [1.807, 2.05) is 0 Å². The summed E-state index contributed by atoms with van der Waals surface area (Å²) in [7, 11) is 2.35. The number of ketones is 1. The summed E-state index contributed by atoms with van der Waals surface area (Å²) in [4.78, 5) is 36.1. The molecule has 200 valence electrons. The highest BCUT2D eigenvalue weighted by molar-refractivity contribution is 7.46. The van der Waals surface area contributed by atoms with Crippen molar-refractivity contribution in [2.45, 2.75) is 0 Å². The predicted octanol–water partition coefficient (Wildman–Crippen LogP) is 4.58. The smallest absolute Gasteiger partial charge is 0.497 e. The zero-order chi connectivity index (χ0) is 27.6. The number of carbonyl (C=O) groups is 1.